The molecule has 0 saturated heterocycles. The Hall–Kier alpha value is -3.71. The number of hydrogen-bond acceptors (Lipinski definition) is 6. The summed E-state index contributed by atoms with van der Waals surface area (Å²) in [6, 6.07) is 18.5. The van der Waals surface area contributed by atoms with Gasteiger partial charge in [-0.05, 0) is 35.9 Å². The van der Waals surface area contributed by atoms with E-state index in [1.54, 1.807) is 12.1 Å². The quantitative estimate of drug-likeness (QED) is 0.552. The van der Waals surface area contributed by atoms with Gasteiger partial charge in [-0.1, -0.05) is 41.9 Å². The van der Waals surface area contributed by atoms with Crippen molar-refractivity contribution in [3.63, 3.8) is 0 Å². The van der Waals surface area contributed by atoms with Crippen LogP contribution in [0.3, 0.4) is 0 Å². The van der Waals surface area contributed by atoms with E-state index in [1.807, 2.05) is 53.5 Å². The van der Waals surface area contributed by atoms with Gasteiger partial charge in [-0.3, -0.25) is 0 Å². The van der Waals surface area contributed by atoms with Crippen LogP contribution in [-0.2, 0) is 0 Å². The van der Waals surface area contributed by atoms with Crippen molar-refractivity contribution >= 4 is 23.3 Å². The lowest BCUT2D eigenvalue weighted by atomic mass is 9.95. The maximum absolute atomic E-state index is 12.3. The minimum Gasteiger partial charge on any atom is -0.493 e. The first-order chi connectivity index (χ1) is 16.0. The Labute approximate surface area is 195 Å². The van der Waals surface area contributed by atoms with Gasteiger partial charge < -0.3 is 19.3 Å². The van der Waals surface area contributed by atoms with Crippen molar-refractivity contribution in [2.24, 2.45) is 5.10 Å². The third-order valence-electron chi connectivity index (χ3n) is 5.93. The number of nitrogens with zero attached hydrogens (tertiary/aromatic N) is 2. The summed E-state index contributed by atoms with van der Waals surface area (Å²) in [6.45, 7) is 0. The van der Waals surface area contributed by atoms with Crippen LogP contribution >= 0.6 is 11.6 Å². The molecule has 168 valence electrons. The third-order valence-corrected chi connectivity index (χ3v) is 6.19. The van der Waals surface area contributed by atoms with Crippen LogP contribution < -0.4 is 14.2 Å². The SMILES string of the molecule is COc1ccc([C@H]2Oc3ccccc3[C@H]3CC(c4ccc(Cl)cc4)=NN32)c(C(=O)O)c1OC. The second-order valence-corrected chi connectivity index (χ2v) is 8.17. The molecule has 0 bridgehead atoms. The molecule has 33 heavy (non-hydrogen) atoms. The maximum atomic E-state index is 12.3. The molecule has 0 saturated carbocycles. The van der Waals surface area contributed by atoms with E-state index in [-0.39, 0.29) is 17.4 Å². The number of benzene rings is 3. The molecule has 2 heterocycles. The molecule has 0 unspecified atom stereocenters. The summed E-state index contributed by atoms with van der Waals surface area (Å²) in [7, 11) is 2.89. The largest absolute Gasteiger partial charge is 0.493 e. The Morgan fingerprint density at radius 1 is 1.06 bits per heavy atom. The number of carbonyl (C=O) groups is 1. The summed E-state index contributed by atoms with van der Waals surface area (Å²) in [6.07, 6.45) is -0.116. The summed E-state index contributed by atoms with van der Waals surface area (Å²) in [5.41, 5.74) is 3.24. The Balaban J connectivity index is 1.66. The van der Waals surface area contributed by atoms with Crippen molar-refractivity contribution in [2.45, 2.75) is 18.7 Å². The third kappa shape index (κ3) is 3.54. The molecule has 2 aliphatic rings. The molecule has 0 spiro atoms. The van der Waals surface area contributed by atoms with Gasteiger partial charge in [-0.15, -0.1) is 0 Å². The highest BCUT2D eigenvalue weighted by Crippen LogP contribution is 2.49. The van der Waals surface area contributed by atoms with Gasteiger partial charge in [0.1, 0.15) is 11.3 Å². The highest BCUT2D eigenvalue weighted by molar-refractivity contribution is 6.30. The van der Waals surface area contributed by atoms with Crippen molar-refractivity contribution in [3.05, 3.63) is 87.9 Å². The average Bonchev–Trinajstić information content (AvgIpc) is 3.28. The Bertz CT molecular complexity index is 1260. The maximum Gasteiger partial charge on any atom is 0.340 e. The van der Waals surface area contributed by atoms with E-state index in [4.69, 9.17) is 30.9 Å². The molecule has 3 aromatic rings. The Kier molecular flexibility index (Phi) is 5.34. The smallest absolute Gasteiger partial charge is 0.340 e. The normalized spacial score (nSPS) is 18.6. The summed E-state index contributed by atoms with van der Waals surface area (Å²) in [5.74, 6) is 0.0316. The summed E-state index contributed by atoms with van der Waals surface area (Å²) in [5, 5.41) is 17.4. The van der Waals surface area contributed by atoms with Gasteiger partial charge >= 0.3 is 5.97 Å². The van der Waals surface area contributed by atoms with Crippen LogP contribution in [0.2, 0.25) is 5.02 Å². The number of hydrogen-bond donors (Lipinski definition) is 1. The van der Waals surface area contributed by atoms with Gasteiger partial charge in [0.05, 0.1) is 26.0 Å². The Morgan fingerprint density at radius 2 is 1.82 bits per heavy atom. The zero-order chi connectivity index (χ0) is 23.1. The lowest BCUT2D eigenvalue weighted by Crippen LogP contribution is -2.34. The molecule has 2 atom stereocenters. The molecular weight excluding hydrogens is 444 g/mol. The molecule has 1 N–H and O–H groups in total. The number of hydrazone groups is 1. The van der Waals surface area contributed by atoms with Crippen LogP contribution in [0.25, 0.3) is 0 Å². The molecule has 2 aliphatic heterocycles. The fraction of sp³-hybridized carbons (Fsp3) is 0.200. The molecule has 0 amide bonds. The van der Waals surface area contributed by atoms with Gasteiger partial charge in [0.15, 0.2) is 11.5 Å². The number of carboxylic acid groups (broad SMARTS) is 1. The predicted octanol–water partition coefficient (Wildman–Crippen LogP) is 5.30. The molecule has 0 fully saturated rings. The zero-order valence-corrected chi connectivity index (χ0v) is 18.7. The monoisotopic (exact) mass is 464 g/mol. The number of para-hydroxylation sites is 1. The number of halogens is 1. The topological polar surface area (TPSA) is 80.6 Å². The van der Waals surface area contributed by atoms with Crippen molar-refractivity contribution in [3.8, 4) is 17.2 Å². The summed E-state index contributed by atoms with van der Waals surface area (Å²) >= 11 is 6.06. The molecule has 5 rings (SSSR count). The van der Waals surface area contributed by atoms with Crippen LogP contribution in [0.1, 0.15) is 45.7 Å². The van der Waals surface area contributed by atoms with E-state index in [0.29, 0.717) is 28.5 Å². The summed E-state index contributed by atoms with van der Waals surface area (Å²) in [4.78, 5) is 12.3. The van der Waals surface area contributed by atoms with Gasteiger partial charge in [0, 0.05) is 22.6 Å². The minimum absolute atomic E-state index is 0.0184. The number of aromatic carboxylic acids is 1. The van der Waals surface area contributed by atoms with Crippen LogP contribution in [0.5, 0.6) is 17.2 Å². The number of rotatable bonds is 5. The van der Waals surface area contributed by atoms with Gasteiger partial charge in [0.25, 0.3) is 0 Å². The van der Waals surface area contributed by atoms with Crippen LogP contribution in [0.15, 0.2) is 65.8 Å². The standard InChI is InChI=1S/C25H21ClN2O5/c1-31-21-12-11-17(22(25(29)30)23(21)32-2)24-28-19(16-5-3-4-6-20(16)33-24)13-18(27-28)14-7-9-15(26)10-8-14/h3-12,19,24H,13H2,1-2H3,(H,29,30)/t19-,24-/m1/s1. The minimum atomic E-state index is -1.14. The molecule has 3 aromatic carbocycles. The van der Waals surface area contributed by atoms with E-state index in [0.717, 1.165) is 16.8 Å². The first kappa shape index (κ1) is 21.2. The van der Waals surface area contributed by atoms with Gasteiger partial charge in [-0.25, -0.2) is 9.80 Å². The average molecular weight is 465 g/mol. The molecular formula is C25H21ClN2O5. The Morgan fingerprint density at radius 3 is 2.52 bits per heavy atom. The van der Waals surface area contributed by atoms with Gasteiger partial charge in [0.2, 0.25) is 6.23 Å². The van der Waals surface area contributed by atoms with Crippen LogP contribution in [0.4, 0.5) is 0 Å². The van der Waals surface area contributed by atoms with Crippen molar-refractivity contribution in [2.75, 3.05) is 14.2 Å². The summed E-state index contributed by atoms with van der Waals surface area (Å²) < 4.78 is 17.1. The zero-order valence-electron chi connectivity index (χ0n) is 18.0. The van der Waals surface area contributed by atoms with Crippen LogP contribution in [0, 0.1) is 0 Å². The van der Waals surface area contributed by atoms with Crippen LogP contribution in [-0.4, -0.2) is 36.0 Å². The number of ether oxygens (including phenoxy) is 3. The van der Waals surface area contributed by atoms with E-state index in [9.17, 15) is 9.90 Å². The predicted molar refractivity (Wildman–Crippen MR) is 124 cm³/mol. The highest BCUT2D eigenvalue weighted by atomic mass is 35.5. The number of carboxylic acids is 1. The highest BCUT2D eigenvalue weighted by Gasteiger charge is 2.43. The lowest BCUT2D eigenvalue weighted by Gasteiger charge is -2.38. The number of methoxy groups -OCH3 is 2. The van der Waals surface area contributed by atoms with Crippen molar-refractivity contribution < 1.29 is 24.1 Å². The second-order valence-electron chi connectivity index (χ2n) is 7.73. The number of fused-ring (bicyclic) bond motifs is 3. The fourth-order valence-corrected chi connectivity index (χ4v) is 4.55. The molecule has 0 radical (unpaired) electrons. The van der Waals surface area contributed by atoms with Crippen molar-refractivity contribution in [1.82, 2.24) is 5.01 Å². The molecule has 0 aromatic heterocycles. The van der Waals surface area contributed by atoms with Crippen molar-refractivity contribution in [1.29, 1.82) is 0 Å². The lowest BCUT2D eigenvalue weighted by molar-refractivity contribution is -0.0199. The first-order valence-corrected chi connectivity index (χ1v) is 10.7. The van der Waals surface area contributed by atoms with E-state index >= 15 is 0 Å². The van der Waals surface area contributed by atoms with E-state index in [2.05, 4.69) is 0 Å². The second kappa shape index (κ2) is 8.33. The first-order valence-electron chi connectivity index (χ1n) is 10.4. The fourth-order valence-electron chi connectivity index (χ4n) is 4.42. The van der Waals surface area contributed by atoms with E-state index in [1.165, 1.54) is 14.2 Å². The molecule has 7 nitrogen and oxygen atoms in total. The molecule has 0 aliphatic carbocycles. The van der Waals surface area contributed by atoms with E-state index < -0.39 is 12.2 Å². The van der Waals surface area contributed by atoms with Gasteiger partial charge in [-0.2, -0.15) is 5.10 Å². The molecule has 8 heteroatoms.